The van der Waals surface area contributed by atoms with Crippen molar-refractivity contribution in [2.24, 2.45) is 5.10 Å². The maximum Gasteiger partial charge on any atom is 0.270 e. The molecule has 0 amide bonds. The van der Waals surface area contributed by atoms with E-state index in [9.17, 15) is 10.1 Å². The van der Waals surface area contributed by atoms with Crippen molar-refractivity contribution in [2.45, 2.75) is 6.54 Å². The Labute approximate surface area is 184 Å². The lowest BCUT2D eigenvalue weighted by Gasteiger charge is -2.26. The van der Waals surface area contributed by atoms with Crippen molar-refractivity contribution in [2.75, 3.05) is 30.0 Å². The van der Waals surface area contributed by atoms with Crippen molar-refractivity contribution in [3.63, 3.8) is 0 Å². The minimum Gasteiger partial charge on any atom is -0.297 e. The molecule has 0 radical (unpaired) electrons. The number of benzene rings is 2. The summed E-state index contributed by atoms with van der Waals surface area (Å²) < 4.78 is 0. The molecule has 4 rings (SSSR count). The van der Waals surface area contributed by atoms with Crippen molar-refractivity contribution in [1.29, 1.82) is 5.26 Å². The lowest BCUT2D eigenvalue weighted by molar-refractivity contribution is 0.294. The van der Waals surface area contributed by atoms with E-state index in [0.717, 1.165) is 25.2 Å². The third-order valence-electron chi connectivity index (χ3n) is 4.95. The largest absolute Gasteiger partial charge is 0.297 e. The van der Waals surface area contributed by atoms with Crippen LogP contribution in [-0.2, 0) is 6.54 Å². The summed E-state index contributed by atoms with van der Waals surface area (Å²) in [6.07, 6.45) is 1.67. The summed E-state index contributed by atoms with van der Waals surface area (Å²) in [5.41, 5.74) is 5.46. The highest BCUT2D eigenvalue weighted by atomic mass is 32.2. The van der Waals surface area contributed by atoms with Crippen LogP contribution in [0.5, 0.6) is 0 Å². The number of H-pyrrole nitrogens is 1. The lowest BCUT2D eigenvalue weighted by Crippen LogP contribution is -2.31. The van der Waals surface area contributed by atoms with Gasteiger partial charge in [-0.15, -0.1) is 0 Å². The van der Waals surface area contributed by atoms with Gasteiger partial charge < -0.3 is 0 Å². The van der Waals surface area contributed by atoms with Crippen LogP contribution in [0.1, 0.15) is 16.7 Å². The SMILES string of the molecule is N#Cc1c(-c2ccccc2)nc(NN=Cc2ccc(CN3CCSCC3)cc2)[nH]c1=O. The Morgan fingerprint density at radius 1 is 1.16 bits per heavy atom. The number of nitrogens with one attached hydrogen (secondary N) is 2. The predicted molar refractivity (Wildman–Crippen MR) is 125 cm³/mol. The van der Waals surface area contributed by atoms with Gasteiger partial charge in [-0.05, 0) is 11.1 Å². The minimum absolute atomic E-state index is 0.0244. The van der Waals surface area contributed by atoms with Gasteiger partial charge in [-0.25, -0.2) is 10.4 Å². The van der Waals surface area contributed by atoms with E-state index < -0.39 is 5.56 Å². The zero-order valence-electron chi connectivity index (χ0n) is 16.9. The molecule has 7 nitrogen and oxygen atoms in total. The summed E-state index contributed by atoms with van der Waals surface area (Å²) in [5, 5.41) is 13.5. The van der Waals surface area contributed by atoms with E-state index in [4.69, 9.17) is 0 Å². The van der Waals surface area contributed by atoms with Crippen LogP contribution in [0.3, 0.4) is 0 Å². The van der Waals surface area contributed by atoms with Gasteiger partial charge in [0.1, 0.15) is 11.6 Å². The van der Waals surface area contributed by atoms with Gasteiger partial charge >= 0.3 is 0 Å². The molecule has 0 spiro atoms. The van der Waals surface area contributed by atoms with Gasteiger partial charge in [0.05, 0.1) is 11.9 Å². The standard InChI is InChI=1S/C23H22N6OS/c24-14-20-21(19-4-2-1-3-5-19)26-23(27-22(20)30)28-25-15-17-6-8-18(9-7-17)16-29-10-12-31-13-11-29/h1-9,15H,10-13,16H2,(H2,26,27,28,30). The quantitative estimate of drug-likeness (QED) is 0.460. The van der Waals surface area contributed by atoms with Crippen LogP contribution >= 0.6 is 11.8 Å². The molecule has 0 saturated carbocycles. The third-order valence-corrected chi connectivity index (χ3v) is 5.89. The molecule has 2 aromatic carbocycles. The fourth-order valence-corrected chi connectivity index (χ4v) is 4.31. The van der Waals surface area contributed by atoms with Crippen molar-refractivity contribution in [1.82, 2.24) is 14.9 Å². The summed E-state index contributed by atoms with van der Waals surface area (Å²) in [5.74, 6) is 2.58. The number of aromatic amines is 1. The Balaban J connectivity index is 1.44. The fraction of sp³-hybridized carbons (Fsp3) is 0.217. The first-order chi connectivity index (χ1) is 15.2. The van der Waals surface area contributed by atoms with E-state index in [2.05, 4.69) is 37.5 Å². The topological polar surface area (TPSA) is 97.2 Å². The van der Waals surface area contributed by atoms with E-state index >= 15 is 0 Å². The van der Waals surface area contributed by atoms with Crippen LogP contribution in [0.25, 0.3) is 11.3 Å². The van der Waals surface area contributed by atoms with Gasteiger partial charge in [0.2, 0.25) is 5.95 Å². The number of hydrogen-bond donors (Lipinski definition) is 2. The molecule has 156 valence electrons. The van der Waals surface area contributed by atoms with Gasteiger partial charge in [0.15, 0.2) is 0 Å². The van der Waals surface area contributed by atoms with Crippen LogP contribution in [0.15, 0.2) is 64.5 Å². The molecular formula is C23H22N6OS. The maximum atomic E-state index is 12.3. The molecule has 0 aliphatic carbocycles. The van der Waals surface area contributed by atoms with Crippen molar-refractivity contribution in [3.05, 3.63) is 81.6 Å². The first-order valence-electron chi connectivity index (χ1n) is 10.0. The highest BCUT2D eigenvalue weighted by molar-refractivity contribution is 7.99. The monoisotopic (exact) mass is 430 g/mol. The Kier molecular flexibility index (Phi) is 6.77. The number of aromatic nitrogens is 2. The van der Waals surface area contributed by atoms with Gasteiger partial charge in [-0.1, -0.05) is 54.6 Å². The predicted octanol–water partition coefficient (Wildman–Crippen LogP) is 3.30. The fourth-order valence-electron chi connectivity index (χ4n) is 3.33. The molecule has 1 aliphatic rings. The van der Waals surface area contributed by atoms with Crippen molar-refractivity contribution < 1.29 is 0 Å². The summed E-state index contributed by atoms with van der Waals surface area (Å²) >= 11 is 2.01. The Morgan fingerprint density at radius 3 is 2.61 bits per heavy atom. The summed E-state index contributed by atoms with van der Waals surface area (Å²) in [4.78, 5) is 21.7. The summed E-state index contributed by atoms with van der Waals surface area (Å²) in [7, 11) is 0. The first-order valence-corrected chi connectivity index (χ1v) is 11.2. The van der Waals surface area contributed by atoms with Crippen molar-refractivity contribution in [3.8, 4) is 17.3 Å². The average Bonchev–Trinajstić information content (AvgIpc) is 2.81. The van der Waals surface area contributed by atoms with Gasteiger partial charge in [0.25, 0.3) is 5.56 Å². The molecule has 2 heterocycles. The van der Waals surface area contributed by atoms with Crippen LogP contribution < -0.4 is 11.0 Å². The second-order valence-corrected chi connectivity index (χ2v) is 8.34. The zero-order valence-corrected chi connectivity index (χ0v) is 17.7. The van der Waals surface area contributed by atoms with Gasteiger partial charge in [0, 0.05) is 36.7 Å². The van der Waals surface area contributed by atoms with E-state index in [1.807, 2.05) is 48.2 Å². The number of nitrogens with zero attached hydrogens (tertiary/aromatic N) is 4. The Morgan fingerprint density at radius 2 is 1.90 bits per heavy atom. The maximum absolute atomic E-state index is 12.3. The van der Waals surface area contributed by atoms with Crippen LogP contribution in [0.2, 0.25) is 0 Å². The van der Waals surface area contributed by atoms with E-state index in [1.54, 1.807) is 18.3 Å². The summed E-state index contributed by atoms with van der Waals surface area (Å²) in [6.45, 7) is 3.24. The molecule has 31 heavy (non-hydrogen) atoms. The van der Waals surface area contributed by atoms with Gasteiger partial charge in [-0.2, -0.15) is 22.1 Å². The molecule has 0 atom stereocenters. The molecular weight excluding hydrogens is 408 g/mol. The molecule has 1 saturated heterocycles. The molecule has 1 aromatic heterocycles. The average molecular weight is 431 g/mol. The second kappa shape index (κ2) is 10.1. The second-order valence-electron chi connectivity index (χ2n) is 7.12. The van der Waals surface area contributed by atoms with Crippen molar-refractivity contribution >= 4 is 23.9 Å². The minimum atomic E-state index is -0.505. The molecule has 2 N–H and O–H groups in total. The Bertz CT molecular complexity index is 1150. The van der Waals surface area contributed by atoms with E-state index in [1.165, 1.54) is 17.1 Å². The van der Waals surface area contributed by atoms with Crippen LogP contribution in [0.4, 0.5) is 5.95 Å². The number of thioether (sulfide) groups is 1. The zero-order chi connectivity index (χ0) is 21.5. The van der Waals surface area contributed by atoms with E-state index in [0.29, 0.717) is 11.3 Å². The number of anilines is 1. The molecule has 8 heteroatoms. The molecule has 0 bridgehead atoms. The van der Waals surface area contributed by atoms with Crippen LogP contribution in [0, 0.1) is 11.3 Å². The number of nitriles is 1. The van der Waals surface area contributed by atoms with E-state index in [-0.39, 0.29) is 11.5 Å². The summed E-state index contributed by atoms with van der Waals surface area (Å²) in [6, 6.07) is 19.3. The lowest BCUT2D eigenvalue weighted by atomic mass is 10.1. The normalized spacial score (nSPS) is 14.4. The molecule has 1 aliphatic heterocycles. The number of hydrogen-bond acceptors (Lipinski definition) is 7. The number of hydrazone groups is 1. The highest BCUT2D eigenvalue weighted by Crippen LogP contribution is 2.19. The smallest absolute Gasteiger partial charge is 0.270 e. The highest BCUT2D eigenvalue weighted by Gasteiger charge is 2.13. The van der Waals surface area contributed by atoms with Crippen LogP contribution in [-0.4, -0.2) is 45.7 Å². The third kappa shape index (κ3) is 5.40. The van der Waals surface area contributed by atoms with Gasteiger partial charge in [-0.3, -0.25) is 14.7 Å². The number of rotatable bonds is 6. The molecule has 3 aromatic rings. The first kappa shape index (κ1) is 20.8. The Hall–Kier alpha value is -3.41. The molecule has 0 unspecified atom stereocenters. The molecule has 1 fully saturated rings.